The molecule has 1 aliphatic heterocycles. The minimum atomic E-state index is -0.474. The van der Waals surface area contributed by atoms with Crippen LogP contribution >= 0.6 is 7.92 Å². The van der Waals surface area contributed by atoms with Crippen molar-refractivity contribution in [3.63, 3.8) is 0 Å². The molecule has 0 amide bonds. The van der Waals surface area contributed by atoms with Crippen LogP contribution in [0, 0.1) is 0 Å². The minimum absolute atomic E-state index is 0.209. The number of carbonyl (C=O) groups is 1. The van der Waals surface area contributed by atoms with Gasteiger partial charge in [0.25, 0.3) is 0 Å². The third kappa shape index (κ3) is 5.73. The number of esters is 1. The van der Waals surface area contributed by atoms with Gasteiger partial charge >= 0.3 is 5.97 Å². The Hall–Kier alpha value is -2.12. The predicted octanol–water partition coefficient (Wildman–Crippen LogP) is 5.22. The van der Waals surface area contributed by atoms with Gasteiger partial charge in [-0.2, -0.15) is 0 Å². The van der Waals surface area contributed by atoms with Crippen molar-refractivity contribution < 1.29 is 9.53 Å². The first-order valence-corrected chi connectivity index (χ1v) is 12.3. The van der Waals surface area contributed by atoms with E-state index in [2.05, 4.69) is 72.5 Å². The van der Waals surface area contributed by atoms with Crippen LogP contribution in [0.4, 0.5) is 0 Å². The first-order chi connectivity index (χ1) is 14.3. The molecule has 0 bridgehead atoms. The Balaban J connectivity index is 1.84. The molecule has 3 nitrogen and oxygen atoms in total. The Morgan fingerprint density at radius 1 is 1.00 bits per heavy atom. The number of likely N-dealkylation sites (tertiary alicyclic amines) is 1. The fourth-order valence-electron chi connectivity index (χ4n) is 3.97. The average Bonchev–Trinajstić information content (AvgIpc) is 3.19. The summed E-state index contributed by atoms with van der Waals surface area (Å²) in [5, 5.41) is 2.83. The van der Waals surface area contributed by atoms with Gasteiger partial charge in [-0.05, 0) is 72.2 Å². The largest absolute Gasteiger partial charge is 0.457 e. The Kier molecular flexibility index (Phi) is 7.36. The van der Waals surface area contributed by atoms with Crippen molar-refractivity contribution in [2.45, 2.75) is 59.1 Å². The molecule has 2 aromatic carbocycles. The summed E-state index contributed by atoms with van der Waals surface area (Å²) in [5.74, 6) is -0.209. The second-order valence-corrected chi connectivity index (χ2v) is 11.2. The van der Waals surface area contributed by atoms with Gasteiger partial charge in [0.2, 0.25) is 0 Å². The summed E-state index contributed by atoms with van der Waals surface area (Å²) in [6.45, 7) is 10.7. The van der Waals surface area contributed by atoms with E-state index in [1.807, 2.05) is 27.7 Å². The Morgan fingerprint density at radius 2 is 1.53 bits per heavy atom. The topological polar surface area (TPSA) is 29.5 Å². The van der Waals surface area contributed by atoms with Crippen molar-refractivity contribution in [1.29, 1.82) is 0 Å². The minimum Gasteiger partial charge on any atom is -0.457 e. The van der Waals surface area contributed by atoms with E-state index in [4.69, 9.17) is 4.74 Å². The molecule has 1 saturated heterocycles. The molecule has 1 aliphatic rings. The van der Waals surface area contributed by atoms with Crippen molar-refractivity contribution >= 4 is 24.5 Å². The summed E-state index contributed by atoms with van der Waals surface area (Å²) in [6, 6.07) is 22.2. The fourth-order valence-corrected chi connectivity index (χ4v) is 6.56. The van der Waals surface area contributed by atoms with Crippen LogP contribution in [-0.4, -0.2) is 35.2 Å². The number of hydrogen-bond acceptors (Lipinski definition) is 3. The highest BCUT2D eigenvalue weighted by molar-refractivity contribution is 7.73. The third-order valence-corrected chi connectivity index (χ3v) is 8.21. The molecule has 160 valence electrons. The van der Waals surface area contributed by atoms with Crippen molar-refractivity contribution in [2.24, 2.45) is 0 Å². The van der Waals surface area contributed by atoms with Crippen LogP contribution in [0.15, 0.2) is 71.9 Å². The highest BCUT2D eigenvalue weighted by Crippen LogP contribution is 2.39. The maximum Gasteiger partial charge on any atom is 0.335 e. The van der Waals surface area contributed by atoms with E-state index in [0.717, 1.165) is 36.8 Å². The maximum atomic E-state index is 12.6. The van der Waals surface area contributed by atoms with E-state index < -0.39 is 13.5 Å². The van der Waals surface area contributed by atoms with Gasteiger partial charge in [-0.25, -0.2) is 4.79 Å². The standard InChI is InChI=1S/C26H34NO2P/c1-20(25(28)29-26(3,4)5)21(2)27-18-12-13-22(27)19-30(23-14-8-6-9-15-23)24-16-10-7-11-17-24/h6-11,14-17,22H,12-13,18-19H2,1-5H3/b21-20+/t22-/m0/s1. The van der Waals surface area contributed by atoms with Crippen LogP contribution in [0.3, 0.4) is 0 Å². The zero-order valence-electron chi connectivity index (χ0n) is 18.9. The van der Waals surface area contributed by atoms with Crippen LogP contribution in [0.25, 0.3) is 0 Å². The van der Waals surface area contributed by atoms with Crippen LogP contribution in [0.5, 0.6) is 0 Å². The summed E-state index contributed by atoms with van der Waals surface area (Å²) in [4.78, 5) is 15.1. The first kappa shape index (κ1) is 22.6. The summed E-state index contributed by atoms with van der Waals surface area (Å²) >= 11 is 0. The van der Waals surface area contributed by atoms with Crippen LogP contribution in [0.2, 0.25) is 0 Å². The average molecular weight is 424 g/mol. The molecular weight excluding hydrogens is 389 g/mol. The number of benzene rings is 2. The number of hydrogen-bond donors (Lipinski definition) is 0. The van der Waals surface area contributed by atoms with Gasteiger partial charge in [-0.15, -0.1) is 0 Å². The van der Waals surface area contributed by atoms with E-state index >= 15 is 0 Å². The third-order valence-electron chi connectivity index (χ3n) is 5.58. The number of ether oxygens (including phenoxy) is 1. The molecule has 0 saturated carbocycles. The van der Waals surface area contributed by atoms with Gasteiger partial charge in [0, 0.05) is 18.3 Å². The summed E-state index contributed by atoms with van der Waals surface area (Å²) < 4.78 is 5.62. The highest BCUT2D eigenvalue weighted by Gasteiger charge is 2.30. The van der Waals surface area contributed by atoms with Crippen LogP contribution in [-0.2, 0) is 9.53 Å². The Labute approximate surface area is 182 Å². The van der Waals surface area contributed by atoms with Gasteiger partial charge in [-0.3, -0.25) is 0 Å². The number of carbonyl (C=O) groups excluding carboxylic acids is 1. The number of rotatable bonds is 6. The maximum absolute atomic E-state index is 12.6. The molecule has 0 aliphatic carbocycles. The number of allylic oxidation sites excluding steroid dienone is 1. The first-order valence-electron chi connectivity index (χ1n) is 10.8. The summed E-state index contributed by atoms with van der Waals surface area (Å²) in [7, 11) is -0.450. The summed E-state index contributed by atoms with van der Waals surface area (Å²) in [5.41, 5.74) is 1.31. The lowest BCUT2D eigenvalue weighted by atomic mass is 10.1. The normalized spacial score (nSPS) is 17.8. The molecule has 4 heteroatoms. The van der Waals surface area contributed by atoms with Gasteiger partial charge in [0.15, 0.2) is 0 Å². The van der Waals surface area contributed by atoms with E-state index in [0.29, 0.717) is 6.04 Å². The molecule has 0 aromatic heterocycles. The lowest BCUT2D eigenvalue weighted by Crippen LogP contribution is -2.34. The molecule has 30 heavy (non-hydrogen) atoms. The Morgan fingerprint density at radius 3 is 2.03 bits per heavy atom. The van der Waals surface area contributed by atoms with Crippen molar-refractivity contribution in [3.05, 3.63) is 71.9 Å². The molecular formula is C26H34NO2P. The van der Waals surface area contributed by atoms with Crippen molar-refractivity contribution in [2.75, 3.05) is 12.7 Å². The lowest BCUT2D eigenvalue weighted by molar-refractivity contribution is -0.150. The monoisotopic (exact) mass is 423 g/mol. The molecule has 0 N–H and O–H groups in total. The van der Waals surface area contributed by atoms with E-state index in [1.165, 1.54) is 10.6 Å². The zero-order chi connectivity index (χ0) is 21.7. The fraction of sp³-hybridized carbons (Fsp3) is 0.423. The van der Waals surface area contributed by atoms with Gasteiger partial charge in [0.1, 0.15) is 5.60 Å². The lowest BCUT2D eigenvalue weighted by Gasteiger charge is -2.32. The summed E-state index contributed by atoms with van der Waals surface area (Å²) in [6.07, 6.45) is 3.43. The molecule has 1 atom stereocenters. The molecule has 1 heterocycles. The molecule has 1 fully saturated rings. The van der Waals surface area contributed by atoms with Crippen LogP contribution < -0.4 is 10.6 Å². The SMILES string of the molecule is C/C(C(=O)OC(C)(C)C)=C(/C)N1CCC[C@H]1CP(c1ccccc1)c1ccccc1. The van der Waals surface area contributed by atoms with E-state index in [1.54, 1.807) is 0 Å². The second kappa shape index (κ2) is 9.79. The molecule has 0 unspecified atom stereocenters. The van der Waals surface area contributed by atoms with Crippen molar-refractivity contribution in [3.8, 4) is 0 Å². The van der Waals surface area contributed by atoms with Crippen molar-refractivity contribution in [1.82, 2.24) is 4.90 Å². The van der Waals surface area contributed by atoms with Gasteiger partial charge in [0.05, 0.1) is 5.57 Å². The number of nitrogens with zero attached hydrogens (tertiary/aromatic N) is 1. The molecule has 0 spiro atoms. The second-order valence-electron chi connectivity index (χ2n) is 8.98. The van der Waals surface area contributed by atoms with E-state index in [9.17, 15) is 4.79 Å². The molecule has 3 rings (SSSR count). The zero-order valence-corrected chi connectivity index (χ0v) is 19.8. The van der Waals surface area contributed by atoms with Gasteiger partial charge < -0.3 is 9.64 Å². The smallest absolute Gasteiger partial charge is 0.335 e. The van der Waals surface area contributed by atoms with E-state index in [-0.39, 0.29) is 5.97 Å². The highest BCUT2D eigenvalue weighted by atomic mass is 31.1. The quantitative estimate of drug-likeness (QED) is 0.362. The van der Waals surface area contributed by atoms with Crippen LogP contribution in [0.1, 0.15) is 47.5 Å². The molecule has 0 radical (unpaired) electrons. The predicted molar refractivity (Wildman–Crippen MR) is 128 cm³/mol. The molecule has 2 aromatic rings. The Bertz CT molecular complexity index is 831. The van der Waals surface area contributed by atoms with Gasteiger partial charge in [-0.1, -0.05) is 60.7 Å².